The molecule has 0 unspecified atom stereocenters. The van der Waals surface area contributed by atoms with Gasteiger partial charge in [0.05, 0.1) is 23.9 Å². The highest BCUT2D eigenvalue weighted by Gasteiger charge is 2.64. The van der Waals surface area contributed by atoms with Crippen molar-refractivity contribution in [2.75, 3.05) is 29.5 Å². The number of nitrogen functional groups attached to an aromatic ring is 2. The standard InChI is InChI=1S/C27H44O3.C22H28O3.C9H15N5O/c1-18(8-6-14-26(3,4)30)23-12-13-24-20(9-7-15-27(23,24)5)10-11-21-16-22(28)17-25(29)19(21)2;1-4-22(25-14(2)23)12-10-20-19-7-5-15-13-16(24)6-8-17(15)18(19)9-11-21(20,22)3;10-7-6-8(12-9(11)14(7)15)13-4-2-1-3-5-13/h10-11,18,22-25,28-30H,2,6-9,12-17H2,1,3-5H3;1,13,17-20H,5-12H2,2-3H3;6H,1-5,10H2,(H2,11,12)/b20-10+,21-11-;;/t18-,22-,23-,24+,25+,27-;17-,18+,19+,20-,21-,22-;/m10./s1. The Morgan fingerprint density at radius 2 is 1.79 bits per heavy atom. The fourth-order valence-corrected chi connectivity index (χ4v) is 15.4. The monoisotopic (exact) mass is 966 g/mol. The Labute approximate surface area is 419 Å². The number of rotatable bonds is 8. The molecular weight excluding hydrogens is 879 g/mol. The van der Waals surface area contributed by atoms with Gasteiger partial charge >= 0.3 is 11.9 Å². The minimum Gasteiger partial charge on any atom is -0.754 e. The number of nitrogens with two attached hydrogens (primary N) is 2. The number of nitrogens with zero attached hydrogens (tertiary/aromatic N) is 3. The molecule has 1 saturated heterocycles. The predicted octanol–water partition coefficient (Wildman–Crippen LogP) is 9.64. The number of esters is 1. The number of aromatic nitrogens is 2. The fourth-order valence-electron chi connectivity index (χ4n) is 15.4. The third-order valence-electron chi connectivity index (χ3n) is 19.0. The lowest BCUT2D eigenvalue weighted by atomic mass is 9.50. The molecule has 0 aromatic carbocycles. The number of carbonyl (C=O) groups is 2. The summed E-state index contributed by atoms with van der Waals surface area (Å²) in [5.74, 6) is 8.23. The molecule has 2 heterocycles. The summed E-state index contributed by atoms with van der Waals surface area (Å²) < 4.78 is 6.23. The van der Waals surface area contributed by atoms with Crippen LogP contribution in [0.15, 0.2) is 53.2 Å². The first-order chi connectivity index (χ1) is 33.1. The summed E-state index contributed by atoms with van der Waals surface area (Å²) in [5.41, 5.74) is 14.7. The largest absolute Gasteiger partial charge is 0.754 e. The number of ether oxygens (including phenoxy) is 1. The van der Waals surface area contributed by atoms with E-state index in [0.29, 0.717) is 76.5 Å². The van der Waals surface area contributed by atoms with Gasteiger partial charge in [-0.3, -0.25) is 9.59 Å². The number of aliphatic hydroxyl groups is 3. The SMILES string of the molecule is C#C[C@]1(OC(C)=O)CC[C@H]2[C@@H]3CCC4=CC(=O)CC[C@@H]4[C@H]3CC[C@@]21C.C=C1/C(=C\C=C2/CCC[C@]3(C)[C@@H]([C@H](C)CCCC(C)(C)O)CC[C@@H]23)C[C@@H](O)C[C@@H]1O.Nc1cc(N2CCCCC2)nc(N)[n+]1[O-]. The first-order valence-corrected chi connectivity index (χ1v) is 27.1. The van der Waals surface area contributed by atoms with Crippen LogP contribution in [0, 0.1) is 69.8 Å². The molecule has 1 aromatic heterocycles. The quantitative estimate of drug-likeness (QED) is 0.0720. The Morgan fingerprint density at radius 1 is 1.04 bits per heavy atom. The van der Waals surface area contributed by atoms with Gasteiger partial charge in [-0.1, -0.05) is 74.4 Å². The number of ketones is 1. The van der Waals surface area contributed by atoms with Crippen LogP contribution in [-0.2, 0) is 14.3 Å². The molecule has 0 amide bonds. The first kappa shape index (κ1) is 53.6. The average molecular weight is 966 g/mol. The molecule has 7 N–H and O–H groups in total. The molecule has 0 radical (unpaired) electrons. The van der Waals surface area contributed by atoms with E-state index in [-0.39, 0.29) is 23.2 Å². The van der Waals surface area contributed by atoms with E-state index in [4.69, 9.17) is 22.6 Å². The number of terminal acetylenes is 1. The van der Waals surface area contributed by atoms with Crippen molar-refractivity contribution in [3.05, 3.63) is 58.4 Å². The van der Waals surface area contributed by atoms with Crippen LogP contribution < -0.4 is 21.1 Å². The Balaban J connectivity index is 0.000000163. The lowest BCUT2D eigenvalue weighted by Gasteiger charge is -2.55. The van der Waals surface area contributed by atoms with Crippen LogP contribution >= 0.6 is 0 Å². The highest BCUT2D eigenvalue weighted by atomic mass is 16.6. The molecule has 0 bridgehead atoms. The van der Waals surface area contributed by atoms with Crippen LogP contribution in [-0.4, -0.2) is 68.6 Å². The van der Waals surface area contributed by atoms with E-state index in [1.165, 1.54) is 57.4 Å². The molecule has 8 aliphatic rings. The van der Waals surface area contributed by atoms with E-state index >= 15 is 0 Å². The van der Waals surface area contributed by atoms with Gasteiger partial charge in [-0.2, -0.15) is 0 Å². The van der Waals surface area contributed by atoms with Gasteiger partial charge in [-0.15, -0.1) is 6.42 Å². The fraction of sp³-hybridized carbons (Fsp3) is 0.724. The second kappa shape index (κ2) is 21.9. The molecule has 1 aromatic rings. The first-order valence-electron chi connectivity index (χ1n) is 27.1. The number of hydrogen-bond acceptors (Lipinski definition) is 11. The zero-order valence-corrected chi connectivity index (χ0v) is 43.5. The van der Waals surface area contributed by atoms with Crippen molar-refractivity contribution >= 4 is 29.3 Å². The number of anilines is 3. The van der Waals surface area contributed by atoms with Gasteiger partial charge in [-0.05, 0) is 187 Å². The topological polar surface area (TPSA) is 199 Å². The summed E-state index contributed by atoms with van der Waals surface area (Å²) >= 11 is 0. The molecule has 7 aliphatic carbocycles. The maximum absolute atomic E-state index is 11.8. The number of hydrogen-bond donors (Lipinski definition) is 5. The van der Waals surface area contributed by atoms with Crippen LogP contribution in [0.25, 0.3) is 0 Å². The van der Waals surface area contributed by atoms with Gasteiger partial charge in [0.1, 0.15) is 0 Å². The van der Waals surface area contributed by atoms with Crippen LogP contribution in [0.1, 0.15) is 176 Å². The molecule has 0 spiro atoms. The van der Waals surface area contributed by atoms with Gasteiger partial charge in [0.2, 0.25) is 0 Å². The Hall–Kier alpha value is -4.18. The highest BCUT2D eigenvalue weighted by Crippen LogP contribution is 2.66. The smallest absolute Gasteiger partial charge is 0.346 e. The van der Waals surface area contributed by atoms with Gasteiger partial charge in [0.25, 0.3) is 0 Å². The predicted molar refractivity (Wildman–Crippen MR) is 278 cm³/mol. The van der Waals surface area contributed by atoms with E-state index in [1.54, 1.807) is 11.6 Å². The number of allylic oxidation sites excluding steroid dienone is 4. The second-order valence-corrected chi connectivity index (χ2v) is 23.9. The summed E-state index contributed by atoms with van der Waals surface area (Å²) in [4.78, 5) is 29.7. The molecule has 12 heteroatoms. The lowest BCUT2D eigenvalue weighted by molar-refractivity contribution is -0.576. The third kappa shape index (κ3) is 11.4. The minimum atomic E-state index is -0.729. The Bertz CT molecular complexity index is 2190. The highest BCUT2D eigenvalue weighted by molar-refractivity contribution is 5.91. The average Bonchev–Trinajstić information content (AvgIpc) is 3.82. The molecule has 12 atom stereocenters. The molecule has 9 rings (SSSR count). The van der Waals surface area contributed by atoms with Gasteiger partial charge < -0.3 is 41.6 Å². The van der Waals surface area contributed by atoms with E-state index in [2.05, 4.69) is 55.3 Å². The molecule has 70 heavy (non-hydrogen) atoms. The van der Waals surface area contributed by atoms with Gasteiger partial charge in [0, 0.05) is 38.3 Å². The zero-order valence-electron chi connectivity index (χ0n) is 43.5. The molecular formula is C58H87N5O7. The normalized spacial score (nSPS) is 36.5. The molecule has 386 valence electrons. The second-order valence-electron chi connectivity index (χ2n) is 23.9. The van der Waals surface area contributed by atoms with Crippen LogP contribution in [0.5, 0.6) is 0 Å². The summed E-state index contributed by atoms with van der Waals surface area (Å²) in [7, 11) is 0. The van der Waals surface area contributed by atoms with Crippen LogP contribution in [0.3, 0.4) is 0 Å². The van der Waals surface area contributed by atoms with Crippen molar-refractivity contribution in [1.29, 1.82) is 0 Å². The third-order valence-corrected chi connectivity index (χ3v) is 19.0. The minimum absolute atomic E-state index is 0.0874. The summed E-state index contributed by atoms with van der Waals surface area (Å²) in [5, 5.41) is 41.4. The van der Waals surface area contributed by atoms with Crippen molar-refractivity contribution in [3.63, 3.8) is 0 Å². The van der Waals surface area contributed by atoms with Gasteiger partial charge in [-0.25, -0.2) is 4.73 Å². The number of carbonyl (C=O) groups excluding carboxylic acids is 2. The van der Waals surface area contributed by atoms with Crippen molar-refractivity contribution in [1.82, 2.24) is 4.98 Å². The van der Waals surface area contributed by atoms with Crippen molar-refractivity contribution in [2.45, 2.75) is 200 Å². The van der Waals surface area contributed by atoms with Crippen LogP contribution in [0.4, 0.5) is 17.6 Å². The van der Waals surface area contributed by atoms with E-state index in [1.807, 2.05) is 19.9 Å². The zero-order chi connectivity index (χ0) is 50.8. The maximum Gasteiger partial charge on any atom is 0.346 e. The Kier molecular flexibility index (Phi) is 16.8. The summed E-state index contributed by atoms with van der Waals surface area (Å²) in [6.07, 6.45) is 33.2. The summed E-state index contributed by atoms with van der Waals surface area (Å²) in [6.45, 7) is 18.5. The molecule has 12 nitrogen and oxygen atoms in total. The lowest BCUT2D eigenvalue weighted by Crippen LogP contribution is -2.53. The summed E-state index contributed by atoms with van der Waals surface area (Å²) in [6, 6.07) is 1.58. The number of aliphatic hydroxyl groups excluding tert-OH is 2. The Morgan fingerprint density at radius 3 is 2.47 bits per heavy atom. The van der Waals surface area contributed by atoms with Crippen molar-refractivity contribution in [2.24, 2.45) is 52.3 Å². The van der Waals surface area contributed by atoms with Crippen molar-refractivity contribution in [3.8, 4) is 12.3 Å². The van der Waals surface area contributed by atoms with Gasteiger partial charge in [0.15, 0.2) is 23.0 Å². The number of piperidine rings is 1. The van der Waals surface area contributed by atoms with Crippen molar-refractivity contribution < 1.29 is 34.4 Å². The van der Waals surface area contributed by atoms with E-state index < -0.39 is 23.4 Å². The van der Waals surface area contributed by atoms with Crippen LogP contribution in [0.2, 0.25) is 0 Å². The molecule has 6 saturated carbocycles. The number of fused-ring (bicyclic) bond motifs is 6. The van der Waals surface area contributed by atoms with E-state index in [9.17, 15) is 30.1 Å². The molecule has 7 fully saturated rings. The maximum atomic E-state index is 11.8. The molecule has 1 aliphatic heterocycles. The van der Waals surface area contributed by atoms with E-state index in [0.717, 1.165) is 101 Å².